The van der Waals surface area contributed by atoms with Gasteiger partial charge in [-0.25, -0.2) is 4.39 Å². The fraction of sp³-hybridized carbons (Fsp3) is 0.115. The molecule has 1 atom stereocenters. The van der Waals surface area contributed by atoms with Crippen LogP contribution >= 0.6 is 0 Å². The maximum Gasteiger partial charge on any atom is 0.279 e. The van der Waals surface area contributed by atoms with Crippen molar-refractivity contribution in [2.75, 3.05) is 0 Å². The van der Waals surface area contributed by atoms with Gasteiger partial charge < -0.3 is 4.74 Å². The summed E-state index contributed by atoms with van der Waals surface area (Å²) < 4.78 is 20.9. The first kappa shape index (κ1) is 22.7. The highest BCUT2D eigenvalue weighted by Crippen LogP contribution is 2.24. The van der Waals surface area contributed by atoms with E-state index in [2.05, 4.69) is 16.0 Å². The third kappa shape index (κ3) is 5.47. The number of aromatic nitrogens is 2. The number of carbonyl (C=O) groups is 2. The van der Waals surface area contributed by atoms with Crippen LogP contribution < -0.4 is 15.6 Å². The molecule has 0 fully saturated rings. The van der Waals surface area contributed by atoms with E-state index in [0.29, 0.717) is 12.1 Å². The summed E-state index contributed by atoms with van der Waals surface area (Å²) in [5.74, 6) is -1.71. The van der Waals surface area contributed by atoms with Crippen LogP contribution in [0.1, 0.15) is 22.8 Å². The van der Waals surface area contributed by atoms with Crippen LogP contribution in [0.4, 0.5) is 4.39 Å². The minimum atomic E-state index is -1.02. The molecule has 3 aromatic carbocycles. The Hall–Kier alpha value is -4.46. The number of hydrazine groups is 1. The zero-order valence-corrected chi connectivity index (χ0v) is 18.4. The standard InChI is InChI=1S/C26H23FN4O3/c1-18(34-24-10-5-4-9-23(24)27)25(32)29-30-26(33)22-8-3-2-7-21(22)20-13-11-19(12-14-20)17-31-16-6-15-28-31/h2-16,18H,17H2,1H3,(H,29,32)(H,30,33). The molecule has 0 aliphatic carbocycles. The van der Waals surface area contributed by atoms with Crippen molar-refractivity contribution in [1.82, 2.24) is 20.6 Å². The second kappa shape index (κ2) is 10.4. The SMILES string of the molecule is CC(Oc1ccccc1F)C(=O)NNC(=O)c1ccccc1-c1ccc(Cn2cccn2)cc1. The number of para-hydroxylation sites is 1. The Morgan fingerprint density at radius 1 is 0.971 bits per heavy atom. The number of hydrogen-bond acceptors (Lipinski definition) is 4. The lowest BCUT2D eigenvalue weighted by molar-refractivity contribution is -0.128. The second-order valence-electron chi connectivity index (χ2n) is 7.58. The van der Waals surface area contributed by atoms with E-state index in [9.17, 15) is 14.0 Å². The van der Waals surface area contributed by atoms with Crippen molar-refractivity contribution in [3.8, 4) is 16.9 Å². The Balaban J connectivity index is 1.40. The maximum atomic E-state index is 13.7. The summed E-state index contributed by atoms with van der Waals surface area (Å²) >= 11 is 0. The highest BCUT2D eigenvalue weighted by atomic mass is 19.1. The van der Waals surface area contributed by atoms with E-state index in [-0.39, 0.29) is 5.75 Å². The maximum absolute atomic E-state index is 13.7. The molecule has 0 spiro atoms. The van der Waals surface area contributed by atoms with Crippen LogP contribution in [0.2, 0.25) is 0 Å². The number of nitrogens with zero attached hydrogens (tertiary/aromatic N) is 2. The van der Waals surface area contributed by atoms with Gasteiger partial charge in [0.05, 0.1) is 6.54 Å². The monoisotopic (exact) mass is 458 g/mol. The minimum Gasteiger partial charge on any atom is -0.478 e. The highest BCUT2D eigenvalue weighted by Gasteiger charge is 2.18. The van der Waals surface area contributed by atoms with Gasteiger partial charge in [0.1, 0.15) is 0 Å². The summed E-state index contributed by atoms with van der Waals surface area (Å²) in [5, 5.41) is 4.21. The number of nitrogens with one attached hydrogen (secondary N) is 2. The third-order valence-corrected chi connectivity index (χ3v) is 5.15. The van der Waals surface area contributed by atoms with Gasteiger partial charge in [-0.15, -0.1) is 0 Å². The van der Waals surface area contributed by atoms with Gasteiger partial charge in [0.15, 0.2) is 17.7 Å². The van der Waals surface area contributed by atoms with Gasteiger partial charge in [-0.2, -0.15) is 5.10 Å². The molecule has 34 heavy (non-hydrogen) atoms. The number of carbonyl (C=O) groups excluding carboxylic acids is 2. The molecule has 2 amide bonds. The molecule has 0 saturated heterocycles. The first-order chi connectivity index (χ1) is 16.5. The van der Waals surface area contributed by atoms with Crippen LogP contribution in [-0.2, 0) is 11.3 Å². The fourth-order valence-corrected chi connectivity index (χ4v) is 3.38. The van der Waals surface area contributed by atoms with Crippen LogP contribution in [0, 0.1) is 5.82 Å². The molecule has 0 bridgehead atoms. The molecule has 0 radical (unpaired) electrons. The molecular formula is C26H23FN4O3. The summed E-state index contributed by atoms with van der Waals surface area (Å²) in [5.41, 5.74) is 7.79. The Morgan fingerprint density at radius 3 is 2.44 bits per heavy atom. The van der Waals surface area contributed by atoms with Gasteiger partial charge in [-0.3, -0.25) is 25.1 Å². The van der Waals surface area contributed by atoms with Gasteiger partial charge >= 0.3 is 0 Å². The van der Waals surface area contributed by atoms with Gasteiger partial charge in [0.25, 0.3) is 11.8 Å². The smallest absolute Gasteiger partial charge is 0.279 e. The molecule has 2 N–H and O–H groups in total. The molecule has 0 aliphatic heterocycles. The van der Waals surface area contributed by atoms with Gasteiger partial charge in [0, 0.05) is 18.0 Å². The lowest BCUT2D eigenvalue weighted by Gasteiger charge is -2.16. The summed E-state index contributed by atoms with van der Waals surface area (Å²) in [6.45, 7) is 2.11. The molecular weight excluding hydrogens is 435 g/mol. The normalized spacial score (nSPS) is 11.5. The number of amides is 2. The van der Waals surface area contributed by atoms with Crippen LogP contribution in [0.5, 0.6) is 5.75 Å². The number of hydrogen-bond donors (Lipinski definition) is 2. The number of benzene rings is 3. The van der Waals surface area contributed by atoms with E-state index in [0.717, 1.165) is 16.7 Å². The Bertz CT molecular complexity index is 1270. The van der Waals surface area contributed by atoms with E-state index >= 15 is 0 Å². The van der Waals surface area contributed by atoms with Crippen LogP contribution in [-0.4, -0.2) is 27.7 Å². The molecule has 1 heterocycles. The Labute approximate surface area is 196 Å². The van der Waals surface area contributed by atoms with E-state index in [4.69, 9.17) is 4.74 Å². The van der Waals surface area contributed by atoms with E-state index in [1.807, 2.05) is 53.3 Å². The van der Waals surface area contributed by atoms with Crippen molar-refractivity contribution in [2.45, 2.75) is 19.6 Å². The largest absolute Gasteiger partial charge is 0.478 e. The minimum absolute atomic E-state index is 0.0437. The van der Waals surface area contributed by atoms with Crippen molar-refractivity contribution in [2.24, 2.45) is 0 Å². The van der Waals surface area contributed by atoms with Crippen molar-refractivity contribution in [3.63, 3.8) is 0 Å². The highest BCUT2D eigenvalue weighted by molar-refractivity contribution is 6.01. The van der Waals surface area contributed by atoms with Gasteiger partial charge in [0.2, 0.25) is 0 Å². The summed E-state index contributed by atoms with van der Waals surface area (Å²) in [7, 11) is 0. The lowest BCUT2D eigenvalue weighted by Crippen LogP contribution is -2.47. The summed E-state index contributed by atoms with van der Waals surface area (Å²) in [4.78, 5) is 25.2. The van der Waals surface area contributed by atoms with E-state index in [1.54, 1.807) is 24.4 Å². The molecule has 1 unspecified atom stereocenters. The topological polar surface area (TPSA) is 85.3 Å². The van der Waals surface area contributed by atoms with Crippen molar-refractivity contribution < 1.29 is 18.7 Å². The van der Waals surface area contributed by atoms with Crippen LogP contribution in [0.3, 0.4) is 0 Å². The predicted octanol–water partition coefficient (Wildman–Crippen LogP) is 3.97. The Kier molecular flexibility index (Phi) is 6.98. The Morgan fingerprint density at radius 2 is 1.71 bits per heavy atom. The molecule has 8 heteroatoms. The average Bonchev–Trinajstić information content (AvgIpc) is 3.37. The molecule has 0 saturated carbocycles. The molecule has 7 nitrogen and oxygen atoms in total. The zero-order valence-electron chi connectivity index (χ0n) is 18.4. The predicted molar refractivity (Wildman–Crippen MR) is 125 cm³/mol. The first-order valence-corrected chi connectivity index (χ1v) is 10.7. The lowest BCUT2D eigenvalue weighted by atomic mass is 9.98. The van der Waals surface area contributed by atoms with Gasteiger partial charge in [-0.05, 0) is 47.9 Å². The third-order valence-electron chi connectivity index (χ3n) is 5.15. The van der Waals surface area contributed by atoms with E-state index in [1.165, 1.54) is 25.1 Å². The number of ether oxygens (including phenoxy) is 1. The molecule has 172 valence electrons. The van der Waals surface area contributed by atoms with E-state index < -0.39 is 23.7 Å². The molecule has 4 aromatic rings. The first-order valence-electron chi connectivity index (χ1n) is 10.7. The average molecular weight is 458 g/mol. The molecule has 1 aromatic heterocycles. The molecule has 0 aliphatic rings. The molecule has 4 rings (SSSR count). The number of rotatable bonds is 7. The van der Waals surface area contributed by atoms with Crippen molar-refractivity contribution in [1.29, 1.82) is 0 Å². The van der Waals surface area contributed by atoms with Crippen LogP contribution in [0.15, 0.2) is 91.3 Å². The summed E-state index contributed by atoms with van der Waals surface area (Å²) in [6, 6.07) is 22.6. The van der Waals surface area contributed by atoms with Gasteiger partial charge in [-0.1, -0.05) is 54.6 Å². The van der Waals surface area contributed by atoms with Crippen LogP contribution in [0.25, 0.3) is 11.1 Å². The second-order valence-corrected chi connectivity index (χ2v) is 7.58. The summed E-state index contributed by atoms with van der Waals surface area (Å²) in [6.07, 6.45) is 2.61. The fourth-order valence-electron chi connectivity index (χ4n) is 3.38. The number of halogens is 1. The van der Waals surface area contributed by atoms with Crippen molar-refractivity contribution >= 4 is 11.8 Å². The zero-order chi connectivity index (χ0) is 23.9. The van der Waals surface area contributed by atoms with Crippen molar-refractivity contribution in [3.05, 3.63) is 108 Å². The quantitative estimate of drug-likeness (QED) is 0.411.